The average molecular weight is 260 g/mol. The minimum atomic E-state index is -0.333. The molecule has 0 atom stereocenters. The lowest BCUT2D eigenvalue weighted by Gasteiger charge is -2.22. The zero-order valence-corrected chi connectivity index (χ0v) is 10.6. The lowest BCUT2D eigenvalue weighted by atomic mass is 10.1. The Balaban J connectivity index is 1.86. The van der Waals surface area contributed by atoms with Gasteiger partial charge in [-0.15, -0.1) is 0 Å². The molecular formula is C12H15ClFNS. The monoisotopic (exact) mass is 259 g/mol. The van der Waals surface area contributed by atoms with Crippen molar-refractivity contribution >= 4 is 23.4 Å². The predicted molar refractivity (Wildman–Crippen MR) is 68.6 cm³/mol. The van der Waals surface area contributed by atoms with E-state index >= 15 is 0 Å². The van der Waals surface area contributed by atoms with E-state index in [1.165, 1.54) is 30.4 Å². The SMILES string of the molecule is Fc1cc(CNC2CCSCC2)ccc1Cl. The fourth-order valence-electron chi connectivity index (χ4n) is 1.81. The highest BCUT2D eigenvalue weighted by Crippen LogP contribution is 2.18. The van der Waals surface area contributed by atoms with E-state index in [1.54, 1.807) is 6.07 Å². The van der Waals surface area contributed by atoms with E-state index in [2.05, 4.69) is 5.32 Å². The molecule has 88 valence electrons. The summed E-state index contributed by atoms with van der Waals surface area (Å²) in [5.74, 6) is 2.12. The van der Waals surface area contributed by atoms with Gasteiger partial charge < -0.3 is 5.32 Å². The molecule has 1 fully saturated rings. The molecule has 0 radical (unpaired) electrons. The maximum Gasteiger partial charge on any atom is 0.142 e. The van der Waals surface area contributed by atoms with E-state index in [4.69, 9.17) is 11.6 Å². The summed E-state index contributed by atoms with van der Waals surface area (Å²) in [5.41, 5.74) is 0.958. The highest BCUT2D eigenvalue weighted by atomic mass is 35.5. The number of benzene rings is 1. The number of nitrogens with one attached hydrogen (secondary N) is 1. The van der Waals surface area contributed by atoms with Crippen LogP contribution in [0.25, 0.3) is 0 Å². The second-order valence-electron chi connectivity index (χ2n) is 4.02. The maximum atomic E-state index is 13.2. The molecule has 1 aromatic rings. The smallest absolute Gasteiger partial charge is 0.142 e. The summed E-state index contributed by atoms with van der Waals surface area (Å²) in [4.78, 5) is 0. The second-order valence-corrected chi connectivity index (χ2v) is 5.65. The minimum Gasteiger partial charge on any atom is -0.310 e. The Labute approximate surface area is 105 Å². The van der Waals surface area contributed by atoms with Crippen LogP contribution in [0.1, 0.15) is 18.4 Å². The molecule has 0 saturated carbocycles. The van der Waals surface area contributed by atoms with Crippen LogP contribution in [0.5, 0.6) is 0 Å². The Morgan fingerprint density at radius 2 is 2.12 bits per heavy atom. The largest absolute Gasteiger partial charge is 0.310 e. The molecule has 4 heteroatoms. The molecule has 1 saturated heterocycles. The van der Waals surface area contributed by atoms with Crippen molar-refractivity contribution in [3.8, 4) is 0 Å². The van der Waals surface area contributed by atoms with Crippen molar-refractivity contribution in [2.45, 2.75) is 25.4 Å². The topological polar surface area (TPSA) is 12.0 Å². The van der Waals surface area contributed by atoms with Gasteiger partial charge in [-0.2, -0.15) is 11.8 Å². The number of halogens is 2. The van der Waals surface area contributed by atoms with Crippen molar-refractivity contribution in [3.63, 3.8) is 0 Å². The molecule has 1 aromatic carbocycles. The van der Waals surface area contributed by atoms with Gasteiger partial charge in [0.1, 0.15) is 5.82 Å². The Bertz CT molecular complexity index is 353. The summed E-state index contributed by atoms with van der Waals surface area (Å²) in [6.45, 7) is 0.726. The number of rotatable bonds is 3. The van der Waals surface area contributed by atoms with Crippen molar-refractivity contribution in [3.05, 3.63) is 34.6 Å². The first kappa shape index (κ1) is 12.2. The fourth-order valence-corrected chi connectivity index (χ4v) is 3.04. The summed E-state index contributed by atoms with van der Waals surface area (Å²) < 4.78 is 13.2. The normalized spacial score (nSPS) is 17.6. The number of thioether (sulfide) groups is 1. The zero-order chi connectivity index (χ0) is 11.4. The molecule has 0 unspecified atom stereocenters. The fraction of sp³-hybridized carbons (Fsp3) is 0.500. The highest BCUT2D eigenvalue weighted by Gasteiger charge is 2.12. The van der Waals surface area contributed by atoms with E-state index in [0.29, 0.717) is 6.04 Å². The Hall–Kier alpha value is -0.250. The van der Waals surface area contributed by atoms with Gasteiger partial charge in [0.15, 0.2) is 0 Å². The van der Waals surface area contributed by atoms with Gasteiger partial charge in [0.05, 0.1) is 5.02 Å². The van der Waals surface area contributed by atoms with E-state index in [1.807, 2.05) is 17.8 Å². The molecule has 1 aliphatic rings. The molecule has 0 bridgehead atoms. The van der Waals surface area contributed by atoms with Crippen LogP contribution in [0.4, 0.5) is 4.39 Å². The van der Waals surface area contributed by atoms with Crippen LogP contribution in [0.15, 0.2) is 18.2 Å². The molecule has 1 aliphatic heterocycles. The van der Waals surface area contributed by atoms with Crippen LogP contribution in [0.3, 0.4) is 0 Å². The summed E-state index contributed by atoms with van der Waals surface area (Å²) in [6, 6.07) is 5.58. The second kappa shape index (κ2) is 5.89. The Morgan fingerprint density at radius 1 is 1.38 bits per heavy atom. The van der Waals surface area contributed by atoms with Crippen LogP contribution < -0.4 is 5.32 Å². The van der Waals surface area contributed by atoms with Crippen LogP contribution >= 0.6 is 23.4 Å². The third kappa shape index (κ3) is 3.37. The quantitative estimate of drug-likeness (QED) is 0.892. The van der Waals surface area contributed by atoms with Gasteiger partial charge in [-0.1, -0.05) is 17.7 Å². The van der Waals surface area contributed by atoms with Gasteiger partial charge in [-0.3, -0.25) is 0 Å². The molecule has 2 rings (SSSR count). The third-order valence-electron chi connectivity index (χ3n) is 2.80. The van der Waals surface area contributed by atoms with Crippen molar-refractivity contribution in [1.82, 2.24) is 5.32 Å². The molecule has 1 heterocycles. The van der Waals surface area contributed by atoms with E-state index < -0.39 is 0 Å². The molecule has 0 spiro atoms. The van der Waals surface area contributed by atoms with Gasteiger partial charge in [-0.25, -0.2) is 4.39 Å². The molecule has 0 aliphatic carbocycles. The van der Waals surface area contributed by atoms with E-state index in [9.17, 15) is 4.39 Å². The van der Waals surface area contributed by atoms with E-state index in [0.717, 1.165) is 12.1 Å². The first-order valence-electron chi connectivity index (χ1n) is 5.51. The van der Waals surface area contributed by atoms with Crippen LogP contribution in [-0.2, 0) is 6.54 Å². The van der Waals surface area contributed by atoms with Crippen LogP contribution in [0, 0.1) is 5.82 Å². The van der Waals surface area contributed by atoms with Crippen LogP contribution in [0.2, 0.25) is 5.02 Å². The maximum absolute atomic E-state index is 13.2. The summed E-state index contributed by atoms with van der Waals surface area (Å²) in [7, 11) is 0. The average Bonchev–Trinajstić information content (AvgIpc) is 2.32. The minimum absolute atomic E-state index is 0.192. The van der Waals surface area contributed by atoms with Crippen molar-refractivity contribution in [2.75, 3.05) is 11.5 Å². The third-order valence-corrected chi connectivity index (χ3v) is 4.16. The standard InChI is InChI=1S/C12H15ClFNS/c13-11-2-1-9(7-12(11)14)8-15-10-3-5-16-6-4-10/h1-2,7,10,15H,3-6,8H2. The highest BCUT2D eigenvalue weighted by molar-refractivity contribution is 7.99. The zero-order valence-electron chi connectivity index (χ0n) is 9.01. The number of hydrogen-bond acceptors (Lipinski definition) is 2. The van der Waals surface area contributed by atoms with Gasteiger partial charge in [-0.05, 0) is 42.0 Å². The Kier molecular flexibility index (Phi) is 4.50. The molecule has 0 aromatic heterocycles. The molecule has 0 amide bonds. The molecular weight excluding hydrogens is 245 g/mol. The summed E-state index contributed by atoms with van der Waals surface area (Å²) in [6.07, 6.45) is 2.42. The van der Waals surface area contributed by atoms with Crippen LogP contribution in [-0.4, -0.2) is 17.5 Å². The summed E-state index contributed by atoms with van der Waals surface area (Å²) >= 11 is 7.64. The molecule has 1 nitrogen and oxygen atoms in total. The first-order chi connectivity index (χ1) is 7.75. The Morgan fingerprint density at radius 3 is 2.81 bits per heavy atom. The first-order valence-corrected chi connectivity index (χ1v) is 7.04. The predicted octanol–water partition coefficient (Wildman–Crippen LogP) is 3.46. The van der Waals surface area contributed by atoms with Crippen molar-refractivity contribution in [2.24, 2.45) is 0 Å². The molecule has 16 heavy (non-hydrogen) atoms. The summed E-state index contributed by atoms with van der Waals surface area (Å²) in [5, 5.41) is 3.65. The van der Waals surface area contributed by atoms with Gasteiger partial charge in [0.2, 0.25) is 0 Å². The van der Waals surface area contributed by atoms with Gasteiger partial charge in [0.25, 0.3) is 0 Å². The lowest BCUT2D eigenvalue weighted by molar-refractivity contribution is 0.481. The van der Waals surface area contributed by atoms with E-state index in [-0.39, 0.29) is 10.8 Å². The molecule has 1 N–H and O–H groups in total. The number of hydrogen-bond donors (Lipinski definition) is 1. The van der Waals surface area contributed by atoms with Crippen molar-refractivity contribution in [1.29, 1.82) is 0 Å². The van der Waals surface area contributed by atoms with Crippen molar-refractivity contribution < 1.29 is 4.39 Å². The lowest BCUT2D eigenvalue weighted by Crippen LogP contribution is -2.32. The van der Waals surface area contributed by atoms with Gasteiger partial charge >= 0.3 is 0 Å². The van der Waals surface area contributed by atoms with Gasteiger partial charge in [0, 0.05) is 12.6 Å².